The van der Waals surface area contributed by atoms with Crippen LogP contribution in [0.3, 0.4) is 0 Å². The van der Waals surface area contributed by atoms with E-state index in [0.717, 1.165) is 21.3 Å². The molecule has 0 aromatic rings. The largest absolute Gasteiger partial charge is 0.857 e. The van der Waals surface area contributed by atoms with E-state index in [0.29, 0.717) is 0 Å². The Kier molecular flexibility index (Phi) is 256. The van der Waals surface area contributed by atoms with E-state index < -0.39 is 0 Å². The van der Waals surface area contributed by atoms with Crippen LogP contribution in [0.4, 0.5) is 0 Å². The molecular weight excluding hydrogens is 239 g/mol. The van der Waals surface area contributed by atoms with Gasteiger partial charge in [0, 0.05) is 0 Å². The van der Waals surface area contributed by atoms with Crippen LogP contribution in [0.25, 0.3) is 0 Å². The van der Waals surface area contributed by atoms with Crippen molar-refractivity contribution in [2.75, 3.05) is 21.3 Å². The summed E-state index contributed by atoms with van der Waals surface area (Å²) >= 11 is 1.49. The van der Waals surface area contributed by atoms with Gasteiger partial charge in [0.25, 0.3) is 0 Å². The Bertz CT molecular complexity index is 28.2. The van der Waals surface area contributed by atoms with Gasteiger partial charge in [-0.2, -0.15) is 21.3 Å². The average Bonchev–Trinajstić information content (AvgIpc) is 2.14. The summed E-state index contributed by atoms with van der Waals surface area (Å²) in [6.07, 6.45) is 2.04. The Balaban J connectivity index is -0.0000000262. The van der Waals surface area contributed by atoms with E-state index in [1.54, 1.807) is 0 Å². The molecule has 0 saturated carbocycles. The molecule has 0 atom stereocenters. The van der Waals surface area contributed by atoms with Gasteiger partial charge in [0.15, 0.2) is 0 Å². The second kappa shape index (κ2) is 114. The maximum atomic E-state index is 8.25. The first-order chi connectivity index (χ1) is 4.91. The summed E-state index contributed by atoms with van der Waals surface area (Å²) in [5.41, 5.74) is 0. The van der Waals surface area contributed by atoms with Crippen LogP contribution >= 0.6 is 0 Å². The fourth-order valence-corrected chi connectivity index (χ4v) is 0. The summed E-state index contributed by atoms with van der Waals surface area (Å²) in [5.74, 6) is 0. The molecule has 0 aromatic carbocycles. The summed E-state index contributed by atoms with van der Waals surface area (Å²) in [7, 11) is 2.25. The summed E-state index contributed by atoms with van der Waals surface area (Å²) in [5, 5.41) is 24.8. The topological polar surface area (TPSA) is 69.2 Å². The first kappa shape index (κ1) is 22.4. The van der Waals surface area contributed by atoms with E-state index >= 15 is 0 Å². The molecule has 0 unspecified atom stereocenters. The van der Waals surface area contributed by atoms with Gasteiger partial charge < -0.3 is 15.3 Å². The van der Waals surface area contributed by atoms with Crippen LogP contribution in [-0.4, -0.2) is 43.9 Å². The number of rotatable bonds is 0. The maximum Gasteiger partial charge on any atom is -0.153 e. The molecule has 0 aliphatic rings. The Morgan fingerprint density at radius 1 is 0.900 bits per heavy atom. The van der Waals surface area contributed by atoms with Crippen molar-refractivity contribution in [2.24, 2.45) is 0 Å². The van der Waals surface area contributed by atoms with E-state index in [4.69, 9.17) is 15.3 Å². The minimum Gasteiger partial charge on any atom is -0.857 e. The third kappa shape index (κ3) is 230. The van der Waals surface area contributed by atoms with Gasteiger partial charge in [0.1, 0.15) is 0 Å². The fraction of sp³-hybridized carbons (Fsp3) is 0.667. The molecule has 0 saturated heterocycles. The first-order valence-electron chi connectivity index (χ1n) is 2.42. The van der Waals surface area contributed by atoms with Gasteiger partial charge in [-0.1, -0.05) is 0 Å². The van der Waals surface area contributed by atoms with Crippen LogP contribution in [0.5, 0.6) is 0 Å². The van der Waals surface area contributed by atoms with Crippen molar-refractivity contribution in [2.45, 2.75) is 6.92 Å². The molecule has 0 aliphatic carbocycles. The molecule has 4 heteroatoms. The molecule has 0 aliphatic heterocycles. The van der Waals surface area contributed by atoms with E-state index in [-0.39, 0.29) is 0 Å². The number of hydrogen-bond acceptors (Lipinski definition) is 3. The third-order valence-electron chi connectivity index (χ3n) is 0.167. The molecular formula is C6H14O3Sn. The van der Waals surface area contributed by atoms with Crippen LogP contribution in [0.15, 0.2) is 10.2 Å². The van der Waals surface area contributed by atoms with Gasteiger partial charge in [-0.25, -0.2) is 0 Å². The summed E-state index contributed by atoms with van der Waals surface area (Å²) in [6.45, 7) is 2.02. The van der Waals surface area contributed by atoms with Crippen molar-refractivity contribution in [3.05, 3.63) is 10.2 Å². The van der Waals surface area contributed by atoms with Gasteiger partial charge in [0.2, 0.25) is 0 Å². The Labute approximate surface area is 76.5 Å². The monoisotopic (exact) mass is 254 g/mol. The minimum absolute atomic E-state index is 0.750. The van der Waals surface area contributed by atoms with Crippen molar-refractivity contribution in [1.29, 1.82) is 0 Å². The molecule has 0 N–H and O–H groups in total. The van der Waals surface area contributed by atoms with Gasteiger partial charge in [-0.05, 0) is 0 Å². The van der Waals surface area contributed by atoms with Gasteiger partial charge in [-0.3, -0.25) is 0 Å². The van der Waals surface area contributed by atoms with Gasteiger partial charge in [-0.15, -0.1) is 0 Å². The second-order valence-electron chi connectivity index (χ2n) is 0.500. The number of hydrogen-bond donors (Lipinski definition) is 0. The smallest absolute Gasteiger partial charge is 0.153 e. The molecule has 0 spiro atoms. The molecule has 0 radical (unpaired) electrons. The van der Waals surface area contributed by atoms with Crippen LogP contribution in [-0.2, 0) is 0 Å². The molecule has 0 rings (SSSR count). The molecule has 0 aromatic heterocycles. The Morgan fingerprint density at radius 2 is 1.00 bits per heavy atom. The summed E-state index contributed by atoms with van der Waals surface area (Å²) in [6, 6.07) is 0. The van der Waals surface area contributed by atoms with Crippen molar-refractivity contribution in [1.82, 2.24) is 0 Å². The van der Waals surface area contributed by atoms with Crippen LogP contribution in [0.1, 0.15) is 6.92 Å². The minimum atomic E-state index is 0.750. The zero-order chi connectivity index (χ0) is 9.41. The van der Waals surface area contributed by atoms with Crippen molar-refractivity contribution in [3.63, 3.8) is 0 Å². The predicted molar refractivity (Wildman–Crippen MR) is 38.3 cm³/mol. The quantitative estimate of drug-likeness (QED) is 0.452. The van der Waals surface area contributed by atoms with Gasteiger partial charge in [0.05, 0.1) is 0 Å². The van der Waals surface area contributed by atoms with Crippen molar-refractivity contribution in [3.8, 4) is 0 Å². The normalized spacial score (nSPS) is 5.70. The third-order valence-corrected chi connectivity index (χ3v) is 1.12. The molecule has 0 heterocycles. The van der Waals surface area contributed by atoms with E-state index in [1.807, 2.05) is 13.0 Å². The van der Waals surface area contributed by atoms with Crippen molar-refractivity contribution >= 4 is 22.5 Å². The van der Waals surface area contributed by atoms with E-state index in [2.05, 4.69) is 4.09 Å². The average molecular weight is 253 g/mol. The van der Waals surface area contributed by atoms with Crippen LogP contribution in [0, 0.1) is 0 Å². The summed E-state index contributed by atoms with van der Waals surface area (Å²) in [4.78, 5) is 0. The molecule has 60 valence electrons. The zero-order valence-corrected chi connectivity index (χ0v) is 9.73. The molecule has 3 nitrogen and oxygen atoms in total. The van der Waals surface area contributed by atoms with E-state index in [1.165, 1.54) is 22.5 Å². The first-order valence-corrected chi connectivity index (χ1v) is 4.07. The SMILES string of the molecule is CC=[CH][Sn+3].C[O-].C[O-].C[O-]. The molecule has 0 amide bonds. The standard InChI is InChI=1S/C3H5.3CH3O.Sn/c1-3-2;3*1-2;/h1,3H,2H3;3*1H3;/q;3*-1;+3. The fourth-order valence-electron chi connectivity index (χ4n) is 0. The molecule has 0 fully saturated rings. The summed E-state index contributed by atoms with van der Waals surface area (Å²) < 4.78 is 2.09. The molecule has 10 heavy (non-hydrogen) atoms. The van der Waals surface area contributed by atoms with Crippen LogP contribution in [0.2, 0.25) is 0 Å². The van der Waals surface area contributed by atoms with Crippen molar-refractivity contribution < 1.29 is 15.3 Å². The van der Waals surface area contributed by atoms with Crippen LogP contribution < -0.4 is 15.3 Å². The Morgan fingerprint density at radius 3 is 1.00 bits per heavy atom. The van der Waals surface area contributed by atoms with E-state index in [9.17, 15) is 0 Å². The van der Waals surface area contributed by atoms with Gasteiger partial charge >= 0.3 is 39.6 Å². The Hall–Kier alpha value is 0.419. The number of allylic oxidation sites excluding steroid dienone is 1. The second-order valence-corrected chi connectivity index (χ2v) is 1.45. The zero-order valence-electron chi connectivity index (χ0n) is 6.88. The maximum absolute atomic E-state index is 8.25. The molecule has 0 bridgehead atoms. The predicted octanol–water partition coefficient (Wildman–Crippen LogP) is -2.38.